The first-order valence-corrected chi connectivity index (χ1v) is 8.08. The molecule has 0 unspecified atom stereocenters. The molecule has 0 saturated carbocycles. The van der Waals surface area contributed by atoms with Crippen LogP contribution in [0, 0.1) is 6.92 Å². The Balaban J connectivity index is 1.54. The smallest absolute Gasteiger partial charge is 0.253 e. The summed E-state index contributed by atoms with van der Waals surface area (Å²) in [7, 11) is 0. The van der Waals surface area contributed by atoms with Gasteiger partial charge in [0.05, 0.1) is 6.54 Å². The lowest BCUT2D eigenvalue weighted by atomic mass is 10.2. The molecule has 0 radical (unpaired) electrons. The number of piperazine rings is 1. The SMILES string of the molecule is Cc1csc(CN2CCN(C(=O)c3ccccc3)CC2)n1. The molecule has 3 rings (SSSR count). The van der Waals surface area contributed by atoms with E-state index in [2.05, 4.69) is 15.3 Å². The Bertz CT molecular complexity index is 603. The Morgan fingerprint density at radius 1 is 1.19 bits per heavy atom. The number of benzene rings is 1. The lowest BCUT2D eigenvalue weighted by molar-refractivity contribution is 0.0628. The monoisotopic (exact) mass is 301 g/mol. The third kappa shape index (κ3) is 3.49. The second-order valence-electron chi connectivity index (χ2n) is 5.32. The Labute approximate surface area is 129 Å². The normalized spacial score (nSPS) is 16.1. The molecule has 2 heterocycles. The van der Waals surface area contributed by atoms with E-state index in [1.54, 1.807) is 11.3 Å². The zero-order chi connectivity index (χ0) is 14.7. The molecule has 1 aromatic heterocycles. The number of hydrogen-bond donors (Lipinski definition) is 0. The standard InChI is InChI=1S/C16H19N3OS/c1-13-12-21-15(17-13)11-18-7-9-19(10-8-18)16(20)14-5-3-2-4-6-14/h2-6,12H,7-11H2,1H3. The van der Waals surface area contributed by atoms with Gasteiger partial charge in [0.25, 0.3) is 5.91 Å². The molecule has 1 amide bonds. The van der Waals surface area contributed by atoms with Crippen LogP contribution in [-0.2, 0) is 6.54 Å². The molecule has 1 aliphatic rings. The summed E-state index contributed by atoms with van der Waals surface area (Å²) >= 11 is 1.71. The summed E-state index contributed by atoms with van der Waals surface area (Å²) < 4.78 is 0. The number of carbonyl (C=O) groups excluding carboxylic acids is 1. The van der Waals surface area contributed by atoms with Gasteiger partial charge >= 0.3 is 0 Å². The first-order valence-electron chi connectivity index (χ1n) is 7.20. The van der Waals surface area contributed by atoms with Crippen LogP contribution in [0.1, 0.15) is 21.1 Å². The van der Waals surface area contributed by atoms with Crippen LogP contribution < -0.4 is 0 Å². The van der Waals surface area contributed by atoms with Crippen molar-refractivity contribution >= 4 is 17.2 Å². The molecular weight excluding hydrogens is 282 g/mol. The highest BCUT2D eigenvalue weighted by molar-refractivity contribution is 7.09. The molecule has 4 nitrogen and oxygen atoms in total. The number of carbonyl (C=O) groups is 1. The average molecular weight is 301 g/mol. The molecule has 1 aliphatic heterocycles. The van der Waals surface area contributed by atoms with Gasteiger partial charge in [0.15, 0.2) is 0 Å². The molecule has 0 spiro atoms. The third-order valence-electron chi connectivity index (χ3n) is 3.71. The summed E-state index contributed by atoms with van der Waals surface area (Å²) in [6, 6.07) is 9.52. The maximum Gasteiger partial charge on any atom is 0.253 e. The predicted molar refractivity (Wildman–Crippen MR) is 84.5 cm³/mol. The van der Waals surface area contributed by atoms with E-state index in [1.165, 1.54) is 0 Å². The largest absolute Gasteiger partial charge is 0.336 e. The topological polar surface area (TPSA) is 36.4 Å². The summed E-state index contributed by atoms with van der Waals surface area (Å²) in [5, 5.41) is 3.25. The van der Waals surface area contributed by atoms with E-state index in [9.17, 15) is 4.79 Å². The fourth-order valence-corrected chi connectivity index (χ4v) is 3.35. The first kappa shape index (κ1) is 14.2. The number of nitrogens with zero attached hydrogens (tertiary/aromatic N) is 3. The van der Waals surface area contributed by atoms with E-state index in [4.69, 9.17) is 0 Å². The van der Waals surface area contributed by atoms with E-state index in [1.807, 2.05) is 42.2 Å². The molecule has 2 aromatic rings. The molecule has 5 heteroatoms. The van der Waals surface area contributed by atoms with Crippen molar-refractivity contribution in [2.45, 2.75) is 13.5 Å². The van der Waals surface area contributed by atoms with E-state index in [0.717, 1.165) is 49.0 Å². The molecule has 21 heavy (non-hydrogen) atoms. The van der Waals surface area contributed by atoms with Crippen LogP contribution in [0.25, 0.3) is 0 Å². The van der Waals surface area contributed by atoms with Gasteiger partial charge in [-0.25, -0.2) is 4.98 Å². The van der Waals surface area contributed by atoms with Crippen molar-refractivity contribution < 1.29 is 4.79 Å². The minimum atomic E-state index is 0.139. The Kier molecular flexibility index (Phi) is 4.31. The Hall–Kier alpha value is -1.72. The number of rotatable bonds is 3. The van der Waals surface area contributed by atoms with Crippen LogP contribution in [0.15, 0.2) is 35.7 Å². The van der Waals surface area contributed by atoms with Crippen LogP contribution in [0.3, 0.4) is 0 Å². The Morgan fingerprint density at radius 2 is 1.90 bits per heavy atom. The molecule has 1 aromatic carbocycles. The number of amides is 1. The minimum absolute atomic E-state index is 0.139. The van der Waals surface area contributed by atoms with Gasteiger partial charge in [-0.15, -0.1) is 11.3 Å². The molecule has 1 saturated heterocycles. The molecular formula is C16H19N3OS. The van der Waals surface area contributed by atoms with Gasteiger partial charge in [-0.3, -0.25) is 9.69 Å². The van der Waals surface area contributed by atoms with Gasteiger partial charge in [0, 0.05) is 42.8 Å². The fraction of sp³-hybridized carbons (Fsp3) is 0.375. The quantitative estimate of drug-likeness (QED) is 0.873. The second kappa shape index (κ2) is 6.37. The summed E-state index contributed by atoms with van der Waals surface area (Å²) in [6.07, 6.45) is 0. The van der Waals surface area contributed by atoms with E-state index in [0.29, 0.717) is 0 Å². The number of aromatic nitrogens is 1. The van der Waals surface area contributed by atoms with Crippen molar-refractivity contribution in [2.75, 3.05) is 26.2 Å². The second-order valence-corrected chi connectivity index (χ2v) is 6.26. The van der Waals surface area contributed by atoms with E-state index in [-0.39, 0.29) is 5.91 Å². The number of thiazole rings is 1. The van der Waals surface area contributed by atoms with Crippen LogP contribution in [0.5, 0.6) is 0 Å². The summed E-state index contributed by atoms with van der Waals surface area (Å²) in [5.41, 5.74) is 1.87. The van der Waals surface area contributed by atoms with Crippen molar-refractivity contribution in [3.63, 3.8) is 0 Å². The minimum Gasteiger partial charge on any atom is -0.336 e. The zero-order valence-electron chi connectivity index (χ0n) is 12.2. The molecule has 1 fully saturated rings. The highest BCUT2D eigenvalue weighted by atomic mass is 32.1. The van der Waals surface area contributed by atoms with Crippen LogP contribution in [0.4, 0.5) is 0 Å². The van der Waals surface area contributed by atoms with Gasteiger partial charge in [0.2, 0.25) is 0 Å². The van der Waals surface area contributed by atoms with Crippen molar-refractivity contribution in [3.8, 4) is 0 Å². The van der Waals surface area contributed by atoms with Crippen molar-refractivity contribution in [1.29, 1.82) is 0 Å². The maximum absolute atomic E-state index is 12.4. The first-order chi connectivity index (χ1) is 10.2. The zero-order valence-corrected chi connectivity index (χ0v) is 13.0. The highest BCUT2D eigenvalue weighted by Crippen LogP contribution is 2.14. The van der Waals surface area contributed by atoms with Crippen LogP contribution in [-0.4, -0.2) is 46.9 Å². The third-order valence-corrected chi connectivity index (χ3v) is 4.66. The summed E-state index contributed by atoms with van der Waals surface area (Å²) in [6.45, 7) is 6.33. The van der Waals surface area contributed by atoms with Gasteiger partial charge in [-0.1, -0.05) is 18.2 Å². The summed E-state index contributed by atoms with van der Waals surface area (Å²) in [4.78, 5) is 21.2. The number of aryl methyl sites for hydroxylation is 1. The maximum atomic E-state index is 12.4. The van der Waals surface area contributed by atoms with E-state index >= 15 is 0 Å². The lowest BCUT2D eigenvalue weighted by Gasteiger charge is -2.34. The van der Waals surface area contributed by atoms with Gasteiger partial charge < -0.3 is 4.90 Å². The summed E-state index contributed by atoms with van der Waals surface area (Å²) in [5.74, 6) is 0.139. The molecule has 0 bridgehead atoms. The Morgan fingerprint density at radius 3 is 2.52 bits per heavy atom. The van der Waals surface area contributed by atoms with Gasteiger partial charge in [-0.2, -0.15) is 0 Å². The van der Waals surface area contributed by atoms with E-state index < -0.39 is 0 Å². The average Bonchev–Trinajstić information content (AvgIpc) is 2.93. The molecule has 0 aliphatic carbocycles. The van der Waals surface area contributed by atoms with Crippen molar-refractivity contribution in [1.82, 2.24) is 14.8 Å². The fourth-order valence-electron chi connectivity index (χ4n) is 2.54. The highest BCUT2D eigenvalue weighted by Gasteiger charge is 2.22. The number of hydrogen-bond acceptors (Lipinski definition) is 4. The van der Waals surface area contributed by atoms with Crippen molar-refractivity contribution in [2.24, 2.45) is 0 Å². The van der Waals surface area contributed by atoms with Gasteiger partial charge in [-0.05, 0) is 19.1 Å². The lowest BCUT2D eigenvalue weighted by Crippen LogP contribution is -2.48. The van der Waals surface area contributed by atoms with Crippen molar-refractivity contribution in [3.05, 3.63) is 52.0 Å². The molecule has 0 N–H and O–H groups in total. The molecule has 110 valence electrons. The molecule has 0 atom stereocenters. The van der Waals surface area contributed by atoms with Gasteiger partial charge in [0.1, 0.15) is 5.01 Å². The predicted octanol–water partition coefficient (Wildman–Crippen LogP) is 2.41. The van der Waals surface area contributed by atoms with Crippen LogP contribution >= 0.6 is 11.3 Å². The van der Waals surface area contributed by atoms with Crippen LogP contribution in [0.2, 0.25) is 0 Å².